The van der Waals surface area contributed by atoms with Gasteiger partial charge in [0, 0.05) is 12.0 Å². The maximum Gasteiger partial charge on any atom is 0.0213 e. The highest BCUT2D eigenvalue weighted by atomic mass is 15.0. The van der Waals surface area contributed by atoms with Gasteiger partial charge in [-0.2, -0.15) is 0 Å². The highest BCUT2D eigenvalue weighted by molar-refractivity contribution is 5.01. The molecular weight excluding hydrogens is 158 g/mol. The van der Waals surface area contributed by atoms with Crippen LogP contribution < -0.4 is 5.32 Å². The standard InChI is InChI=1S/C12H21N/c1-4-5-6-8-12(11(2)3)9-7-10-13-12/h11,13H,6-10H2,1-3H3. The molecule has 0 aromatic carbocycles. The van der Waals surface area contributed by atoms with Crippen molar-refractivity contribution in [2.24, 2.45) is 5.92 Å². The van der Waals surface area contributed by atoms with E-state index in [1.165, 1.54) is 25.8 Å². The van der Waals surface area contributed by atoms with Crippen LogP contribution >= 0.6 is 0 Å². The van der Waals surface area contributed by atoms with Gasteiger partial charge in [0.1, 0.15) is 0 Å². The molecule has 0 saturated carbocycles. The summed E-state index contributed by atoms with van der Waals surface area (Å²) in [6.07, 6.45) is 4.92. The van der Waals surface area contributed by atoms with E-state index in [4.69, 9.17) is 0 Å². The molecule has 0 aromatic rings. The Bertz CT molecular complexity index is 201. The molecule has 1 nitrogen and oxygen atoms in total. The smallest absolute Gasteiger partial charge is 0.0213 e. The zero-order valence-corrected chi connectivity index (χ0v) is 9.11. The van der Waals surface area contributed by atoms with Crippen LogP contribution in [0.4, 0.5) is 0 Å². The minimum atomic E-state index is 0.393. The van der Waals surface area contributed by atoms with E-state index in [0.717, 1.165) is 12.3 Å². The van der Waals surface area contributed by atoms with Gasteiger partial charge in [0.25, 0.3) is 0 Å². The number of hydrogen-bond acceptors (Lipinski definition) is 1. The van der Waals surface area contributed by atoms with Crippen molar-refractivity contribution in [3.8, 4) is 11.8 Å². The summed E-state index contributed by atoms with van der Waals surface area (Å²) in [5, 5.41) is 3.66. The molecule has 1 aliphatic heterocycles. The maximum atomic E-state index is 3.66. The normalized spacial score (nSPS) is 27.4. The molecule has 1 unspecified atom stereocenters. The largest absolute Gasteiger partial charge is 0.311 e. The van der Waals surface area contributed by atoms with Crippen LogP contribution in [0.3, 0.4) is 0 Å². The summed E-state index contributed by atoms with van der Waals surface area (Å²) in [6, 6.07) is 0. The van der Waals surface area contributed by atoms with Crippen LogP contribution in [0.1, 0.15) is 46.5 Å². The topological polar surface area (TPSA) is 12.0 Å². The van der Waals surface area contributed by atoms with Crippen molar-refractivity contribution >= 4 is 0 Å². The lowest BCUT2D eigenvalue weighted by molar-refractivity contribution is 0.255. The van der Waals surface area contributed by atoms with Crippen LogP contribution in [0.15, 0.2) is 0 Å². The Morgan fingerprint density at radius 1 is 1.46 bits per heavy atom. The van der Waals surface area contributed by atoms with E-state index in [1.54, 1.807) is 0 Å². The SMILES string of the molecule is CC#CCCC1(C(C)C)CCCN1. The summed E-state index contributed by atoms with van der Waals surface area (Å²) < 4.78 is 0. The predicted octanol–water partition coefficient (Wildman–Crippen LogP) is 2.57. The quantitative estimate of drug-likeness (QED) is 0.657. The zero-order valence-electron chi connectivity index (χ0n) is 9.11. The van der Waals surface area contributed by atoms with Gasteiger partial charge in [0.2, 0.25) is 0 Å². The summed E-state index contributed by atoms with van der Waals surface area (Å²) in [6.45, 7) is 7.75. The van der Waals surface area contributed by atoms with E-state index in [0.29, 0.717) is 5.54 Å². The van der Waals surface area contributed by atoms with E-state index in [2.05, 4.69) is 31.0 Å². The Balaban J connectivity index is 2.50. The summed E-state index contributed by atoms with van der Waals surface area (Å²) in [4.78, 5) is 0. The lowest BCUT2D eigenvalue weighted by Gasteiger charge is -2.33. The van der Waals surface area contributed by atoms with Gasteiger partial charge < -0.3 is 5.32 Å². The van der Waals surface area contributed by atoms with Crippen LogP contribution in [-0.4, -0.2) is 12.1 Å². The Morgan fingerprint density at radius 3 is 2.69 bits per heavy atom. The molecule has 0 spiro atoms. The first-order chi connectivity index (χ1) is 6.21. The zero-order chi connectivity index (χ0) is 9.73. The van der Waals surface area contributed by atoms with E-state index < -0.39 is 0 Å². The van der Waals surface area contributed by atoms with Crippen molar-refractivity contribution in [1.82, 2.24) is 5.32 Å². The Hall–Kier alpha value is -0.480. The fraction of sp³-hybridized carbons (Fsp3) is 0.833. The average molecular weight is 179 g/mol. The van der Waals surface area contributed by atoms with Crippen LogP contribution in [0.25, 0.3) is 0 Å². The fourth-order valence-corrected chi connectivity index (χ4v) is 2.23. The molecule has 1 atom stereocenters. The minimum absolute atomic E-state index is 0.393. The van der Waals surface area contributed by atoms with Crippen molar-refractivity contribution in [2.75, 3.05) is 6.54 Å². The molecule has 1 aliphatic rings. The third kappa shape index (κ3) is 2.48. The first-order valence-corrected chi connectivity index (χ1v) is 5.36. The van der Waals surface area contributed by atoms with Crippen molar-refractivity contribution in [3.63, 3.8) is 0 Å². The monoisotopic (exact) mass is 179 g/mol. The van der Waals surface area contributed by atoms with Gasteiger partial charge in [0.15, 0.2) is 0 Å². The van der Waals surface area contributed by atoms with E-state index in [-0.39, 0.29) is 0 Å². The fourth-order valence-electron chi connectivity index (χ4n) is 2.23. The molecule has 0 radical (unpaired) electrons. The molecular formula is C12H21N. The molecule has 1 rings (SSSR count). The van der Waals surface area contributed by atoms with Crippen LogP contribution in [-0.2, 0) is 0 Å². The highest BCUT2D eigenvalue weighted by Gasteiger charge is 2.35. The molecule has 0 aliphatic carbocycles. The van der Waals surface area contributed by atoms with E-state index in [1.807, 2.05) is 6.92 Å². The van der Waals surface area contributed by atoms with Crippen molar-refractivity contribution in [2.45, 2.75) is 52.0 Å². The van der Waals surface area contributed by atoms with Gasteiger partial charge in [-0.1, -0.05) is 13.8 Å². The van der Waals surface area contributed by atoms with Gasteiger partial charge in [-0.15, -0.1) is 11.8 Å². The molecule has 1 fully saturated rings. The molecule has 1 heterocycles. The molecule has 0 bridgehead atoms. The molecule has 13 heavy (non-hydrogen) atoms. The van der Waals surface area contributed by atoms with Crippen LogP contribution in [0.5, 0.6) is 0 Å². The molecule has 0 aromatic heterocycles. The van der Waals surface area contributed by atoms with Crippen LogP contribution in [0.2, 0.25) is 0 Å². The van der Waals surface area contributed by atoms with Gasteiger partial charge in [-0.3, -0.25) is 0 Å². The third-order valence-electron chi connectivity index (χ3n) is 3.25. The second kappa shape index (κ2) is 4.67. The average Bonchev–Trinajstić information content (AvgIpc) is 2.55. The van der Waals surface area contributed by atoms with Crippen molar-refractivity contribution < 1.29 is 0 Å². The second-order valence-electron chi connectivity index (χ2n) is 4.27. The molecule has 0 amide bonds. The van der Waals surface area contributed by atoms with Gasteiger partial charge in [-0.25, -0.2) is 0 Å². The lowest BCUT2D eigenvalue weighted by Crippen LogP contribution is -2.44. The number of hydrogen-bond donors (Lipinski definition) is 1. The molecule has 1 heteroatoms. The lowest BCUT2D eigenvalue weighted by atomic mass is 9.81. The van der Waals surface area contributed by atoms with Gasteiger partial charge in [-0.05, 0) is 38.6 Å². The maximum absolute atomic E-state index is 3.66. The van der Waals surface area contributed by atoms with Gasteiger partial charge >= 0.3 is 0 Å². The molecule has 74 valence electrons. The van der Waals surface area contributed by atoms with Gasteiger partial charge in [0.05, 0.1) is 0 Å². The summed E-state index contributed by atoms with van der Waals surface area (Å²) >= 11 is 0. The van der Waals surface area contributed by atoms with Crippen LogP contribution in [0, 0.1) is 17.8 Å². The first-order valence-electron chi connectivity index (χ1n) is 5.36. The van der Waals surface area contributed by atoms with E-state index >= 15 is 0 Å². The molecule has 1 saturated heterocycles. The Labute approximate surface area is 82.3 Å². The highest BCUT2D eigenvalue weighted by Crippen LogP contribution is 2.31. The molecule has 1 N–H and O–H groups in total. The van der Waals surface area contributed by atoms with Crippen molar-refractivity contribution in [3.05, 3.63) is 0 Å². The predicted molar refractivity (Wildman–Crippen MR) is 57.5 cm³/mol. The second-order valence-corrected chi connectivity index (χ2v) is 4.27. The first kappa shape index (κ1) is 10.6. The Morgan fingerprint density at radius 2 is 2.23 bits per heavy atom. The minimum Gasteiger partial charge on any atom is -0.311 e. The third-order valence-corrected chi connectivity index (χ3v) is 3.25. The number of nitrogens with one attached hydrogen (secondary N) is 1. The summed E-state index contributed by atoms with van der Waals surface area (Å²) in [5.74, 6) is 6.87. The van der Waals surface area contributed by atoms with Crippen molar-refractivity contribution in [1.29, 1.82) is 0 Å². The summed E-state index contributed by atoms with van der Waals surface area (Å²) in [5.41, 5.74) is 0.393. The summed E-state index contributed by atoms with van der Waals surface area (Å²) in [7, 11) is 0. The number of rotatable bonds is 3. The Kier molecular flexibility index (Phi) is 3.81. The van der Waals surface area contributed by atoms with E-state index in [9.17, 15) is 0 Å².